The third-order valence-electron chi connectivity index (χ3n) is 3.16. The average molecular weight is 334 g/mol. The molecule has 0 atom stereocenters. The summed E-state index contributed by atoms with van der Waals surface area (Å²) in [6.45, 7) is 1.65. The highest BCUT2D eigenvalue weighted by Gasteiger charge is 2.10. The van der Waals surface area contributed by atoms with E-state index in [0.29, 0.717) is 22.2 Å². The van der Waals surface area contributed by atoms with Crippen LogP contribution in [0.25, 0.3) is 0 Å². The van der Waals surface area contributed by atoms with Gasteiger partial charge in [0.1, 0.15) is 0 Å². The number of methoxy groups -OCH3 is 1. The molecular weight excluding hydrogens is 318 g/mol. The Labute approximate surface area is 138 Å². The van der Waals surface area contributed by atoms with Gasteiger partial charge >= 0.3 is 0 Å². The second-order valence-electron chi connectivity index (χ2n) is 4.73. The zero-order chi connectivity index (χ0) is 16.8. The fraction of sp³-hybridized carbons (Fsp3) is 0.188. The standard InChI is InChI=1S/C16H16ClN3O3/c1-10-12(17)4-3-5-13(10)20-14(21)9-19-16(22)11-6-7-15(23-2)18-8-11/h3-8H,9H2,1-2H3,(H,19,22)(H,20,21). The van der Waals surface area contributed by atoms with E-state index >= 15 is 0 Å². The minimum Gasteiger partial charge on any atom is -0.481 e. The van der Waals surface area contributed by atoms with Crippen LogP contribution in [0.15, 0.2) is 36.5 Å². The second-order valence-corrected chi connectivity index (χ2v) is 5.14. The van der Waals surface area contributed by atoms with E-state index in [0.717, 1.165) is 5.56 Å². The average Bonchev–Trinajstić information content (AvgIpc) is 2.57. The number of nitrogens with zero attached hydrogens (tertiary/aromatic N) is 1. The van der Waals surface area contributed by atoms with E-state index in [1.807, 2.05) is 0 Å². The van der Waals surface area contributed by atoms with E-state index in [1.165, 1.54) is 13.3 Å². The topological polar surface area (TPSA) is 80.3 Å². The van der Waals surface area contributed by atoms with Gasteiger partial charge in [-0.25, -0.2) is 4.98 Å². The smallest absolute Gasteiger partial charge is 0.253 e. The first-order valence-electron chi connectivity index (χ1n) is 6.84. The van der Waals surface area contributed by atoms with Gasteiger partial charge in [-0.1, -0.05) is 17.7 Å². The number of carbonyl (C=O) groups excluding carboxylic acids is 2. The quantitative estimate of drug-likeness (QED) is 0.880. The minimum absolute atomic E-state index is 0.156. The van der Waals surface area contributed by atoms with E-state index in [9.17, 15) is 9.59 Å². The molecule has 0 radical (unpaired) electrons. The van der Waals surface area contributed by atoms with Crippen molar-refractivity contribution in [1.82, 2.24) is 10.3 Å². The summed E-state index contributed by atoms with van der Waals surface area (Å²) < 4.78 is 4.92. The number of anilines is 1. The highest BCUT2D eigenvalue weighted by molar-refractivity contribution is 6.31. The normalized spacial score (nSPS) is 10.0. The van der Waals surface area contributed by atoms with Gasteiger partial charge in [-0.2, -0.15) is 0 Å². The molecular formula is C16H16ClN3O3. The molecule has 0 unspecified atom stereocenters. The molecule has 2 amide bonds. The van der Waals surface area contributed by atoms with Gasteiger partial charge in [0.25, 0.3) is 5.91 Å². The Kier molecular flexibility index (Phi) is 5.54. The van der Waals surface area contributed by atoms with E-state index < -0.39 is 5.91 Å². The first-order valence-corrected chi connectivity index (χ1v) is 7.22. The summed E-state index contributed by atoms with van der Waals surface area (Å²) in [4.78, 5) is 27.8. The highest BCUT2D eigenvalue weighted by atomic mass is 35.5. The van der Waals surface area contributed by atoms with Crippen molar-refractivity contribution in [1.29, 1.82) is 0 Å². The number of halogens is 1. The Morgan fingerprint density at radius 1 is 1.26 bits per heavy atom. The molecule has 7 heteroatoms. The SMILES string of the molecule is COc1ccc(C(=O)NCC(=O)Nc2cccc(Cl)c2C)cn1. The first-order chi connectivity index (χ1) is 11.0. The third kappa shape index (κ3) is 4.43. The lowest BCUT2D eigenvalue weighted by Crippen LogP contribution is -2.33. The molecule has 0 aliphatic heterocycles. The number of pyridine rings is 1. The number of hydrogen-bond acceptors (Lipinski definition) is 4. The van der Waals surface area contributed by atoms with Crippen molar-refractivity contribution < 1.29 is 14.3 Å². The van der Waals surface area contributed by atoms with E-state index in [-0.39, 0.29) is 12.5 Å². The van der Waals surface area contributed by atoms with Crippen molar-refractivity contribution in [2.24, 2.45) is 0 Å². The first kappa shape index (κ1) is 16.8. The van der Waals surface area contributed by atoms with Gasteiger partial charge in [-0.15, -0.1) is 0 Å². The number of ether oxygens (including phenoxy) is 1. The number of hydrogen-bond donors (Lipinski definition) is 2. The lowest BCUT2D eigenvalue weighted by molar-refractivity contribution is -0.115. The van der Waals surface area contributed by atoms with Crippen LogP contribution in [-0.2, 0) is 4.79 Å². The highest BCUT2D eigenvalue weighted by Crippen LogP contribution is 2.22. The summed E-state index contributed by atoms with van der Waals surface area (Å²) in [7, 11) is 1.49. The molecule has 0 fully saturated rings. The lowest BCUT2D eigenvalue weighted by atomic mass is 10.2. The van der Waals surface area contributed by atoms with Crippen molar-refractivity contribution in [2.75, 3.05) is 19.0 Å². The second kappa shape index (κ2) is 7.60. The van der Waals surface area contributed by atoms with Gasteiger partial charge in [0, 0.05) is 23.0 Å². The van der Waals surface area contributed by atoms with Crippen LogP contribution in [0.5, 0.6) is 5.88 Å². The molecule has 6 nitrogen and oxygen atoms in total. The summed E-state index contributed by atoms with van der Waals surface area (Å²) in [5.74, 6) is -0.320. The van der Waals surface area contributed by atoms with Gasteiger partial charge < -0.3 is 15.4 Å². The van der Waals surface area contributed by atoms with Crippen LogP contribution < -0.4 is 15.4 Å². The molecule has 0 saturated heterocycles. The van der Waals surface area contributed by atoms with E-state index in [2.05, 4.69) is 15.6 Å². The zero-order valence-corrected chi connectivity index (χ0v) is 13.5. The number of amides is 2. The van der Waals surface area contributed by atoms with Crippen LogP contribution in [0.3, 0.4) is 0 Å². The van der Waals surface area contributed by atoms with Crippen LogP contribution >= 0.6 is 11.6 Å². The predicted molar refractivity (Wildman–Crippen MR) is 87.9 cm³/mol. The van der Waals surface area contributed by atoms with Crippen molar-refractivity contribution in [3.63, 3.8) is 0 Å². The van der Waals surface area contributed by atoms with Crippen molar-refractivity contribution in [2.45, 2.75) is 6.92 Å². The third-order valence-corrected chi connectivity index (χ3v) is 3.57. The van der Waals surface area contributed by atoms with Gasteiger partial charge in [-0.05, 0) is 30.7 Å². The Morgan fingerprint density at radius 2 is 2.04 bits per heavy atom. The summed E-state index contributed by atoms with van der Waals surface area (Å²) in [6.07, 6.45) is 1.38. The van der Waals surface area contributed by atoms with Crippen LogP contribution in [0.1, 0.15) is 15.9 Å². The summed E-state index contributed by atoms with van der Waals surface area (Å²) in [5.41, 5.74) is 1.73. The van der Waals surface area contributed by atoms with Crippen LogP contribution in [0.4, 0.5) is 5.69 Å². The zero-order valence-electron chi connectivity index (χ0n) is 12.7. The number of rotatable bonds is 5. The van der Waals surface area contributed by atoms with Crippen LogP contribution in [0, 0.1) is 6.92 Å². The lowest BCUT2D eigenvalue weighted by Gasteiger charge is -2.10. The Morgan fingerprint density at radius 3 is 2.70 bits per heavy atom. The Hall–Kier alpha value is -2.60. The maximum Gasteiger partial charge on any atom is 0.253 e. The Bertz CT molecular complexity index is 717. The fourth-order valence-electron chi connectivity index (χ4n) is 1.84. The molecule has 0 aliphatic carbocycles. The molecule has 23 heavy (non-hydrogen) atoms. The molecule has 0 saturated carbocycles. The molecule has 0 spiro atoms. The van der Waals surface area contributed by atoms with E-state index in [1.54, 1.807) is 37.3 Å². The number of benzene rings is 1. The molecule has 120 valence electrons. The maximum absolute atomic E-state index is 11.9. The Balaban J connectivity index is 1.90. The van der Waals surface area contributed by atoms with Crippen molar-refractivity contribution in [3.05, 3.63) is 52.7 Å². The maximum atomic E-state index is 11.9. The molecule has 1 aromatic carbocycles. The van der Waals surface area contributed by atoms with Crippen LogP contribution in [0.2, 0.25) is 5.02 Å². The number of aromatic nitrogens is 1. The molecule has 0 bridgehead atoms. The van der Waals surface area contributed by atoms with Gasteiger partial charge in [-0.3, -0.25) is 9.59 Å². The van der Waals surface area contributed by atoms with Gasteiger partial charge in [0.05, 0.1) is 19.2 Å². The molecule has 2 rings (SSSR count). The summed E-state index contributed by atoms with van der Waals surface area (Å²) in [5, 5.41) is 5.79. The molecule has 2 N–H and O–H groups in total. The number of nitrogens with one attached hydrogen (secondary N) is 2. The van der Waals surface area contributed by atoms with Gasteiger partial charge in [0.15, 0.2) is 0 Å². The molecule has 2 aromatic rings. The predicted octanol–water partition coefficient (Wildman–Crippen LogP) is 2.42. The number of carbonyl (C=O) groups is 2. The van der Waals surface area contributed by atoms with Crippen molar-refractivity contribution in [3.8, 4) is 5.88 Å². The van der Waals surface area contributed by atoms with E-state index in [4.69, 9.17) is 16.3 Å². The fourth-order valence-corrected chi connectivity index (χ4v) is 2.01. The monoisotopic (exact) mass is 333 g/mol. The summed E-state index contributed by atoms with van der Waals surface area (Å²) >= 11 is 5.99. The summed E-state index contributed by atoms with van der Waals surface area (Å²) in [6, 6.07) is 8.37. The molecule has 0 aliphatic rings. The van der Waals surface area contributed by atoms with Gasteiger partial charge in [0.2, 0.25) is 11.8 Å². The van der Waals surface area contributed by atoms with Crippen molar-refractivity contribution >= 4 is 29.1 Å². The largest absolute Gasteiger partial charge is 0.481 e. The van der Waals surface area contributed by atoms with Crippen LogP contribution in [-0.4, -0.2) is 30.5 Å². The molecule has 1 heterocycles. The minimum atomic E-state index is -0.391. The molecule has 1 aromatic heterocycles.